The van der Waals surface area contributed by atoms with Gasteiger partial charge in [-0.3, -0.25) is 0 Å². The minimum atomic E-state index is 0. The van der Waals surface area contributed by atoms with Gasteiger partial charge in [-0.2, -0.15) is 0 Å². The molecule has 0 unspecified atom stereocenters. The average Bonchev–Trinajstić information content (AvgIpc) is 0. The second-order valence-corrected chi connectivity index (χ2v) is 0. The zero-order valence-electron chi connectivity index (χ0n) is 1.51. The molecule has 0 aliphatic heterocycles. The van der Waals surface area contributed by atoms with E-state index in [4.69, 9.17) is 0 Å². The predicted molar refractivity (Wildman–Crippen MR) is 27.0 cm³/mol. The first kappa shape index (κ1) is 29.8. The van der Waals surface area contributed by atoms with Crippen molar-refractivity contribution >= 4 is 66.8 Å². The van der Waals surface area contributed by atoms with E-state index in [1.54, 1.807) is 0 Å². The van der Waals surface area contributed by atoms with Gasteiger partial charge in [0.25, 0.3) is 0 Å². The first-order chi connectivity index (χ1) is 0. The molecule has 31 valence electrons. The normalized spacial score (nSPS) is 0. The third kappa shape index (κ3) is 8.83. The van der Waals surface area contributed by atoms with Crippen LogP contribution in [0.5, 0.6) is 0 Å². The summed E-state index contributed by atoms with van der Waals surface area (Å²) in [5, 5.41) is 0. The average molecular weight is 383 g/mol. The van der Waals surface area contributed by atoms with E-state index in [9.17, 15) is 0 Å². The van der Waals surface area contributed by atoms with E-state index in [0.29, 0.717) is 0 Å². The quantitative estimate of drug-likeness (QED) is 0.391. The zero-order valence-corrected chi connectivity index (χ0v) is 8.58. The van der Waals surface area contributed by atoms with Crippen LogP contribution < -0.4 is 0 Å². The molecule has 0 fully saturated rings. The van der Waals surface area contributed by atoms with Gasteiger partial charge in [0.05, 0.1) is 0 Å². The Hall–Kier alpha value is 2.71. The van der Waals surface area contributed by atoms with E-state index < -0.39 is 0 Å². The van der Waals surface area contributed by atoms with Gasteiger partial charge >= 0.3 is 66.8 Å². The maximum atomic E-state index is 0. The topological polar surface area (TPSA) is 0 Å². The van der Waals surface area contributed by atoms with Crippen LogP contribution >= 0.6 is 0 Å². The summed E-state index contributed by atoms with van der Waals surface area (Å²) in [5.74, 6) is 0. The van der Waals surface area contributed by atoms with Gasteiger partial charge < -0.3 is 0 Å². The standard InChI is InChI=1S/Cu.In.H2Se.Sn.5H/h;;1H2;;;;;;. The van der Waals surface area contributed by atoms with Crippen molar-refractivity contribution in [2.24, 2.45) is 0 Å². The molecule has 0 saturated heterocycles. The molecule has 0 rings (SSSR count). The van der Waals surface area contributed by atoms with Crippen LogP contribution in [0.1, 0.15) is 0 Å². The molecule has 0 bridgehead atoms. The SMILES string of the molecule is [Cu].[InH3].[SeH2].[SnH2]. The summed E-state index contributed by atoms with van der Waals surface area (Å²) in [5.41, 5.74) is 0. The van der Waals surface area contributed by atoms with E-state index in [-0.39, 0.29) is 83.9 Å². The van der Waals surface area contributed by atoms with Gasteiger partial charge in [0.2, 0.25) is 0 Å². The number of rotatable bonds is 0. The Labute approximate surface area is 82.5 Å². The molecule has 0 atom stereocenters. The minimum absolute atomic E-state index is 0. The Kier molecular flexibility index (Phi) is 129. The van der Waals surface area contributed by atoms with E-state index in [1.807, 2.05) is 0 Å². The van der Waals surface area contributed by atoms with Crippen LogP contribution in [0.25, 0.3) is 0 Å². The molecule has 0 aromatic rings. The monoisotopic (exact) mass is 385 g/mol. The van der Waals surface area contributed by atoms with Crippen molar-refractivity contribution in [3.8, 4) is 0 Å². The molecule has 0 aliphatic rings. The zero-order chi connectivity index (χ0) is 0. The summed E-state index contributed by atoms with van der Waals surface area (Å²) in [4.78, 5) is 0. The second kappa shape index (κ2) is 17.3. The third-order valence-electron chi connectivity index (χ3n) is 0. The van der Waals surface area contributed by atoms with Gasteiger partial charge in [-0.15, -0.1) is 0 Å². The summed E-state index contributed by atoms with van der Waals surface area (Å²) in [6.07, 6.45) is 0. The molecule has 0 aromatic carbocycles. The molecule has 0 nitrogen and oxygen atoms in total. The molecule has 0 heterocycles. The Morgan fingerprint density at radius 3 is 1.00 bits per heavy atom. The van der Waals surface area contributed by atoms with E-state index >= 15 is 0 Å². The van der Waals surface area contributed by atoms with E-state index in [1.165, 1.54) is 0 Å². The van der Waals surface area contributed by atoms with Crippen LogP contribution in [0.2, 0.25) is 0 Å². The van der Waals surface area contributed by atoms with Crippen LogP contribution in [-0.4, -0.2) is 66.8 Å². The van der Waals surface area contributed by atoms with Crippen molar-refractivity contribution in [1.82, 2.24) is 0 Å². The molecule has 0 aromatic heterocycles. The summed E-state index contributed by atoms with van der Waals surface area (Å²) in [6.45, 7) is 0. The summed E-state index contributed by atoms with van der Waals surface area (Å²) >= 11 is 0. The van der Waals surface area contributed by atoms with E-state index in [0.717, 1.165) is 0 Å². The summed E-state index contributed by atoms with van der Waals surface area (Å²) in [6, 6.07) is 0. The van der Waals surface area contributed by atoms with Crippen molar-refractivity contribution in [2.45, 2.75) is 0 Å². The molecule has 4 heteroatoms. The molecule has 0 amide bonds. The van der Waals surface area contributed by atoms with Gasteiger partial charge in [-0.05, 0) is 0 Å². The summed E-state index contributed by atoms with van der Waals surface area (Å²) < 4.78 is 0. The van der Waals surface area contributed by atoms with Crippen molar-refractivity contribution in [1.29, 1.82) is 0 Å². The van der Waals surface area contributed by atoms with Crippen LogP contribution in [0, 0.1) is 0 Å². The fourth-order valence-corrected chi connectivity index (χ4v) is 0. The Bertz CT molecular complexity index is 8.00. The molecular weight excluding hydrogens is 376 g/mol. The Morgan fingerprint density at radius 2 is 1.00 bits per heavy atom. The fourth-order valence-electron chi connectivity index (χ4n) is 0. The van der Waals surface area contributed by atoms with Gasteiger partial charge in [-0.1, -0.05) is 0 Å². The maximum absolute atomic E-state index is 0. The molecule has 0 saturated carbocycles. The molecule has 3 radical (unpaired) electrons. The predicted octanol–water partition coefficient (Wildman–Crippen LogP) is -3.02. The molecule has 0 aliphatic carbocycles. The number of hydrogen-bond acceptors (Lipinski definition) is 0. The summed E-state index contributed by atoms with van der Waals surface area (Å²) in [7, 11) is 0. The first-order valence-corrected chi connectivity index (χ1v) is 0. The number of hydrogen-bond donors (Lipinski definition) is 0. The Morgan fingerprint density at radius 1 is 1.00 bits per heavy atom. The van der Waals surface area contributed by atoms with E-state index in [2.05, 4.69) is 0 Å². The second-order valence-electron chi connectivity index (χ2n) is 0. The van der Waals surface area contributed by atoms with Gasteiger partial charge in [0, 0.05) is 17.1 Å². The first-order valence-electron chi connectivity index (χ1n) is 0. The van der Waals surface area contributed by atoms with Crippen LogP contribution in [0.3, 0.4) is 0 Å². The van der Waals surface area contributed by atoms with Crippen LogP contribution in [0.15, 0.2) is 0 Å². The molecular formula is H7CuInSeSn. The molecule has 0 spiro atoms. The van der Waals surface area contributed by atoms with Crippen molar-refractivity contribution in [3.63, 3.8) is 0 Å². The molecule has 4 heavy (non-hydrogen) atoms. The Balaban J connectivity index is 0. The van der Waals surface area contributed by atoms with Crippen molar-refractivity contribution < 1.29 is 17.1 Å². The third-order valence-corrected chi connectivity index (χ3v) is 0. The van der Waals surface area contributed by atoms with Crippen LogP contribution in [0.4, 0.5) is 0 Å². The molecule has 0 N–H and O–H groups in total. The fraction of sp³-hybridized carbons (Fsp3) is 0. The van der Waals surface area contributed by atoms with Gasteiger partial charge in [0.1, 0.15) is 0 Å². The van der Waals surface area contributed by atoms with Gasteiger partial charge in [-0.25, -0.2) is 0 Å². The van der Waals surface area contributed by atoms with Crippen molar-refractivity contribution in [3.05, 3.63) is 0 Å². The van der Waals surface area contributed by atoms with Crippen molar-refractivity contribution in [2.75, 3.05) is 0 Å². The van der Waals surface area contributed by atoms with Gasteiger partial charge in [0.15, 0.2) is 0 Å². The van der Waals surface area contributed by atoms with Crippen LogP contribution in [-0.2, 0) is 17.1 Å².